The second kappa shape index (κ2) is 10.5. The van der Waals surface area contributed by atoms with E-state index in [9.17, 15) is 0 Å². The third-order valence-corrected chi connectivity index (χ3v) is 11.1. The maximum Gasteiger partial charge on any atom is 0.160 e. The van der Waals surface area contributed by atoms with E-state index in [1.54, 1.807) is 11.3 Å². The Hall–Kier alpha value is -5.91. The van der Waals surface area contributed by atoms with Gasteiger partial charge in [-0.1, -0.05) is 123 Å². The maximum absolute atomic E-state index is 5.36. The summed E-state index contributed by atoms with van der Waals surface area (Å²) in [6.07, 6.45) is 0. The third-order valence-electron chi connectivity index (χ3n) is 10.1. The Morgan fingerprint density at radius 1 is 0.531 bits per heavy atom. The molecule has 232 valence electrons. The van der Waals surface area contributed by atoms with Crippen LogP contribution in [0.5, 0.6) is 0 Å². The molecular weight excluding hydrogens is 617 g/mol. The minimum Gasteiger partial charge on any atom is -0.309 e. The first kappa shape index (κ1) is 28.1. The summed E-state index contributed by atoms with van der Waals surface area (Å²) in [5.74, 6) is 0.726. The van der Waals surface area contributed by atoms with Gasteiger partial charge in [-0.15, -0.1) is 11.3 Å². The first-order chi connectivity index (χ1) is 24.0. The van der Waals surface area contributed by atoms with Crippen LogP contribution in [-0.4, -0.2) is 19.5 Å². The molecule has 0 N–H and O–H groups in total. The monoisotopic (exact) mass is 646 g/mol. The Balaban J connectivity index is 1.12. The van der Waals surface area contributed by atoms with Crippen LogP contribution in [0.3, 0.4) is 0 Å². The SMILES string of the molecule is CC1(C)c2ccccc2-c2nc(-c3ccc(-c4nc5ccccc5s4)cc3)nc(-c3ccc(-n4c5ccccc5c5ccccc54)cc3)c21. The van der Waals surface area contributed by atoms with E-state index in [0.717, 1.165) is 50.1 Å². The highest BCUT2D eigenvalue weighted by Gasteiger charge is 2.40. The molecule has 0 spiro atoms. The first-order valence-corrected chi connectivity index (χ1v) is 17.4. The molecule has 3 aromatic heterocycles. The van der Waals surface area contributed by atoms with Gasteiger partial charge in [0.2, 0.25) is 0 Å². The van der Waals surface area contributed by atoms with Crippen LogP contribution in [-0.2, 0) is 5.41 Å². The number of nitrogens with zero attached hydrogens (tertiary/aromatic N) is 4. The fourth-order valence-electron chi connectivity index (χ4n) is 7.68. The molecule has 1 aliphatic carbocycles. The van der Waals surface area contributed by atoms with Crippen LogP contribution in [0.4, 0.5) is 0 Å². The first-order valence-electron chi connectivity index (χ1n) is 16.6. The van der Waals surface area contributed by atoms with E-state index >= 15 is 0 Å². The van der Waals surface area contributed by atoms with Crippen molar-refractivity contribution in [2.45, 2.75) is 19.3 Å². The summed E-state index contributed by atoms with van der Waals surface area (Å²) >= 11 is 1.72. The summed E-state index contributed by atoms with van der Waals surface area (Å²) < 4.78 is 3.55. The molecule has 4 nitrogen and oxygen atoms in total. The second-order valence-electron chi connectivity index (χ2n) is 13.3. The minimum atomic E-state index is -0.248. The smallest absolute Gasteiger partial charge is 0.160 e. The van der Waals surface area contributed by atoms with Gasteiger partial charge in [-0.3, -0.25) is 0 Å². The van der Waals surface area contributed by atoms with Gasteiger partial charge in [0.1, 0.15) is 5.01 Å². The molecule has 0 saturated carbocycles. The fraction of sp³-hybridized carbons (Fsp3) is 0.0682. The maximum atomic E-state index is 5.36. The van der Waals surface area contributed by atoms with Crippen molar-refractivity contribution < 1.29 is 0 Å². The van der Waals surface area contributed by atoms with Crippen molar-refractivity contribution in [1.82, 2.24) is 19.5 Å². The lowest BCUT2D eigenvalue weighted by Gasteiger charge is -2.24. The lowest BCUT2D eigenvalue weighted by atomic mass is 9.81. The van der Waals surface area contributed by atoms with Crippen LogP contribution in [0.1, 0.15) is 25.0 Å². The Bertz CT molecular complexity index is 2650. The number of benzene rings is 6. The number of hydrogen-bond donors (Lipinski definition) is 0. The van der Waals surface area contributed by atoms with Crippen LogP contribution in [0.2, 0.25) is 0 Å². The Morgan fingerprint density at radius 3 is 1.86 bits per heavy atom. The highest BCUT2D eigenvalue weighted by atomic mass is 32.1. The van der Waals surface area contributed by atoms with Gasteiger partial charge in [0.15, 0.2) is 5.82 Å². The van der Waals surface area contributed by atoms with E-state index in [4.69, 9.17) is 15.0 Å². The lowest BCUT2D eigenvalue weighted by molar-refractivity contribution is 0.658. The van der Waals surface area contributed by atoms with Gasteiger partial charge >= 0.3 is 0 Å². The molecule has 0 radical (unpaired) electrons. The Labute approximate surface area is 288 Å². The number of aromatic nitrogens is 4. The van der Waals surface area contributed by atoms with Gasteiger partial charge < -0.3 is 4.57 Å². The van der Waals surface area contributed by atoms with Crippen LogP contribution in [0.15, 0.2) is 146 Å². The van der Waals surface area contributed by atoms with Crippen molar-refractivity contribution in [2.24, 2.45) is 0 Å². The summed E-state index contributed by atoms with van der Waals surface area (Å²) in [6.45, 7) is 4.59. The van der Waals surface area contributed by atoms with Crippen molar-refractivity contribution in [3.63, 3.8) is 0 Å². The van der Waals surface area contributed by atoms with Crippen LogP contribution >= 0.6 is 11.3 Å². The summed E-state index contributed by atoms with van der Waals surface area (Å²) in [7, 11) is 0. The van der Waals surface area contributed by atoms with Gasteiger partial charge in [-0.2, -0.15) is 0 Å². The molecule has 5 heteroatoms. The van der Waals surface area contributed by atoms with Crippen molar-refractivity contribution in [1.29, 1.82) is 0 Å². The Morgan fingerprint density at radius 2 is 1.12 bits per heavy atom. The number of para-hydroxylation sites is 3. The van der Waals surface area contributed by atoms with Gasteiger partial charge in [-0.25, -0.2) is 15.0 Å². The molecule has 0 fully saturated rings. The summed E-state index contributed by atoms with van der Waals surface area (Å²) in [6, 6.07) is 51.7. The zero-order valence-electron chi connectivity index (χ0n) is 27.1. The summed E-state index contributed by atoms with van der Waals surface area (Å²) in [5.41, 5.74) is 13.1. The number of hydrogen-bond acceptors (Lipinski definition) is 4. The van der Waals surface area contributed by atoms with Crippen LogP contribution in [0.25, 0.3) is 82.2 Å². The molecule has 0 aliphatic heterocycles. The van der Waals surface area contributed by atoms with Gasteiger partial charge in [-0.05, 0) is 42.0 Å². The number of thiazole rings is 1. The van der Waals surface area contributed by atoms with Crippen molar-refractivity contribution >= 4 is 43.4 Å². The number of rotatable bonds is 4. The van der Waals surface area contributed by atoms with Gasteiger partial charge in [0, 0.05) is 49.7 Å². The zero-order chi connectivity index (χ0) is 32.7. The van der Waals surface area contributed by atoms with Gasteiger partial charge in [0.05, 0.1) is 32.6 Å². The molecule has 1 aliphatic rings. The second-order valence-corrected chi connectivity index (χ2v) is 14.3. The normalized spacial score (nSPS) is 13.3. The van der Waals surface area contributed by atoms with E-state index in [1.807, 2.05) is 6.07 Å². The lowest BCUT2D eigenvalue weighted by Crippen LogP contribution is -2.17. The molecule has 0 bridgehead atoms. The molecule has 9 aromatic rings. The van der Waals surface area contributed by atoms with Gasteiger partial charge in [0.25, 0.3) is 0 Å². The average Bonchev–Trinajstić information content (AvgIpc) is 3.81. The highest BCUT2D eigenvalue weighted by Crippen LogP contribution is 2.51. The van der Waals surface area contributed by atoms with Crippen molar-refractivity contribution in [3.05, 3.63) is 157 Å². The molecule has 10 rings (SSSR count). The quantitative estimate of drug-likeness (QED) is 0.191. The summed E-state index contributed by atoms with van der Waals surface area (Å²) in [5, 5.41) is 3.53. The largest absolute Gasteiger partial charge is 0.309 e. The zero-order valence-corrected chi connectivity index (χ0v) is 27.9. The van der Waals surface area contributed by atoms with E-state index in [2.05, 4.69) is 158 Å². The van der Waals surface area contributed by atoms with Crippen LogP contribution in [0, 0.1) is 0 Å². The molecule has 0 atom stereocenters. The van der Waals surface area contributed by atoms with Crippen molar-refractivity contribution in [2.75, 3.05) is 0 Å². The average molecular weight is 647 g/mol. The molecule has 0 unspecified atom stereocenters. The van der Waals surface area contributed by atoms with Crippen LogP contribution < -0.4 is 0 Å². The number of fused-ring (bicyclic) bond motifs is 7. The van der Waals surface area contributed by atoms with E-state index in [1.165, 1.54) is 43.2 Å². The third kappa shape index (κ3) is 4.25. The molecule has 0 amide bonds. The van der Waals surface area contributed by atoms with Crippen molar-refractivity contribution in [3.8, 4) is 50.2 Å². The molecular formula is C44H30N4S. The highest BCUT2D eigenvalue weighted by molar-refractivity contribution is 7.21. The molecule has 3 heterocycles. The molecule has 0 saturated heterocycles. The summed E-state index contributed by atoms with van der Waals surface area (Å²) in [4.78, 5) is 15.5. The minimum absolute atomic E-state index is 0.248. The van der Waals surface area contributed by atoms with E-state index < -0.39 is 0 Å². The molecule has 49 heavy (non-hydrogen) atoms. The van der Waals surface area contributed by atoms with E-state index in [0.29, 0.717) is 0 Å². The topological polar surface area (TPSA) is 43.6 Å². The van der Waals surface area contributed by atoms with E-state index in [-0.39, 0.29) is 5.41 Å². The Kier molecular flexibility index (Phi) is 6.05. The molecule has 6 aromatic carbocycles. The predicted octanol–water partition coefficient (Wildman–Crippen LogP) is 11.5. The standard InChI is InChI=1S/C44H30N4S/c1-44(2)34-14-6-3-13-33(34)41-39(44)40(46-42(47-41)28-19-21-29(22-20-28)43-45-35-15-7-10-18-38(35)49-43)27-23-25-30(26-24-27)48-36-16-8-4-11-31(36)32-12-5-9-17-37(32)48/h3-26H,1-2H3. The predicted molar refractivity (Wildman–Crippen MR) is 203 cm³/mol. The fourth-order valence-corrected chi connectivity index (χ4v) is 8.65.